The Kier molecular flexibility index (Phi) is 5.78. The average molecular weight is 328 g/mol. The summed E-state index contributed by atoms with van der Waals surface area (Å²) in [6, 6.07) is 12.4. The van der Waals surface area contributed by atoms with Crippen molar-refractivity contribution in [3.63, 3.8) is 0 Å². The van der Waals surface area contributed by atoms with Crippen LogP contribution in [0.1, 0.15) is 12.5 Å². The third-order valence-corrected chi connectivity index (χ3v) is 3.35. The van der Waals surface area contributed by atoms with Crippen LogP contribution in [-0.2, 0) is 9.59 Å². The van der Waals surface area contributed by atoms with Crippen molar-refractivity contribution < 1.29 is 19.1 Å². The van der Waals surface area contributed by atoms with Crippen molar-refractivity contribution in [3.8, 4) is 11.5 Å². The molecule has 6 nitrogen and oxygen atoms in total. The van der Waals surface area contributed by atoms with Crippen LogP contribution in [0.25, 0.3) is 0 Å². The summed E-state index contributed by atoms with van der Waals surface area (Å²) in [5, 5.41) is 5.50. The van der Waals surface area contributed by atoms with Gasteiger partial charge in [-0.3, -0.25) is 9.59 Å². The number of hydrogen-bond acceptors (Lipinski definition) is 4. The third kappa shape index (κ3) is 4.49. The van der Waals surface area contributed by atoms with Gasteiger partial charge < -0.3 is 20.1 Å². The van der Waals surface area contributed by atoms with Crippen molar-refractivity contribution in [1.29, 1.82) is 0 Å². The predicted octanol–water partition coefficient (Wildman–Crippen LogP) is 2.98. The standard InChI is InChI=1S/C18H20N2O4/c1-12-14(19-13(2)21)7-6-8-15(12)20-18(22)11-24-17-10-5-4-9-16(17)23-3/h4-10H,11H2,1-3H3,(H,19,21)(H,20,22). The lowest BCUT2D eigenvalue weighted by atomic mass is 10.1. The highest BCUT2D eigenvalue weighted by atomic mass is 16.5. The second kappa shape index (κ2) is 8.01. The average Bonchev–Trinajstić information content (AvgIpc) is 2.56. The van der Waals surface area contributed by atoms with E-state index in [4.69, 9.17) is 9.47 Å². The van der Waals surface area contributed by atoms with Crippen LogP contribution < -0.4 is 20.1 Å². The molecule has 24 heavy (non-hydrogen) atoms. The number of anilines is 2. The van der Waals surface area contributed by atoms with Crippen LogP contribution in [0.5, 0.6) is 11.5 Å². The fraction of sp³-hybridized carbons (Fsp3) is 0.222. The van der Waals surface area contributed by atoms with Crippen LogP contribution in [0.3, 0.4) is 0 Å². The van der Waals surface area contributed by atoms with E-state index in [0.717, 1.165) is 5.56 Å². The molecule has 0 aliphatic heterocycles. The number of rotatable bonds is 6. The van der Waals surface area contributed by atoms with E-state index in [9.17, 15) is 9.59 Å². The van der Waals surface area contributed by atoms with E-state index in [1.807, 2.05) is 13.0 Å². The molecule has 2 aromatic carbocycles. The van der Waals surface area contributed by atoms with Gasteiger partial charge in [-0.15, -0.1) is 0 Å². The number of benzene rings is 2. The van der Waals surface area contributed by atoms with Gasteiger partial charge in [-0.25, -0.2) is 0 Å². The predicted molar refractivity (Wildman–Crippen MR) is 92.6 cm³/mol. The van der Waals surface area contributed by atoms with Gasteiger partial charge in [-0.05, 0) is 36.8 Å². The molecular weight excluding hydrogens is 308 g/mol. The van der Waals surface area contributed by atoms with Gasteiger partial charge in [0.15, 0.2) is 18.1 Å². The SMILES string of the molecule is COc1ccccc1OCC(=O)Nc1cccc(NC(C)=O)c1C. The fourth-order valence-corrected chi connectivity index (χ4v) is 2.16. The lowest BCUT2D eigenvalue weighted by Crippen LogP contribution is -2.21. The normalized spacial score (nSPS) is 9.96. The van der Waals surface area contributed by atoms with E-state index in [1.165, 1.54) is 6.92 Å². The molecule has 2 rings (SSSR count). The van der Waals surface area contributed by atoms with Gasteiger partial charge in [0.2, 0.25) is 5.91 Å². The molecule has 0 aliphatic rings. The lowest BCUT2D eigenvalue weighted by molar-refractivity contribution is -0.118. The minimum atomic E-state index is -0.302. The zero-order valence-corrected chi connectivity index (χ0v) is 13.9. The molecular formula is C18H20N2O4. The van der Waals surface area contributed by atoms with E-state index in [1.54, 1.807) is 43.5 Å². The molecule has 0 unspecified atom stereocenters. The van der Waals surface area contributed by atoms with Crippen molar-refractivity contribution in [1.82, 2.24) is 0 Å². The topological polar surface area (TPSA) is 76.7 Å². The van der Waals surface area contributed by atoms with Crippen molar-refractivity contribution >= 4 is 23.2 Å². The number of amides is 2. The van der Waals surface area contributed by atoms with E-state index in [2.05, 4.69) is 10.6 Å². The van der Waals surface area contributed by atoms with E-state index >= 15 is 0 Å². The van der Waals surface area contributed by atoms with Crippen LogP contribution in [0.4, 0.5) is 11.4 Å². The number of carbonyl (C=O) groups is 2. The van der Waals surface area contributed by atoms with Crippen LogP contribution in [0.15, 0.2) is 42.5 Å². The quantitative estimate of drug-likeness (QED) is 0.855. The van der Waals surface area contributed by atoms with Gasteiger partial charge >= 0.3 is 0 Å². The molecule has 6 heteroatoms. The maximum absolute atomic E-state index is 12.1. The molecule has 0 saturated heterocycles. The number of methoxy groups -OCH3 is 1. The highest BCUT2D eigenvalue weighted by molar-refractivity contribution is 5.95. The summed E-state index contributed by atoms with van der Waals surface area (Å²) in [4.78, 5) is 23.3. The zero-order valence-electron chi connectivity index (χ0n) is 13.9. The number of nitrogens with one attached hydrogen (secondary N) is 2. The summed E-state index contributed by atoms with van der Waals surface area (Å²) < 4.78 is 10.7. The number of hydrogen-bond donors (Lipinski definition) is 2. The molecule has 0 bridgehead atoms. The highest BCUT2D eigenvalue weighted by Crippen LogP contribution is 2.26. The summed E-state index contributed by atoms with van der Waals surface area (Å²) in [5.74, 6) is 0.595. The first-order valence-corrected chi connectivity index (χ1v) is 7.44. The second-order valence-corrected chi connectivity index (χ2v) is 5.15. The highest BCUT2D eigenvalue weighted by Gasteiger charge is 2.10. The van der Waals surface area contributed by atoms with Gasteiger partial charge in [0.25, 0.3) is 5.91 Å². The van der Waals surface area contributed by atoms with Gasteiger partial charge in [0, 0.05) is 18.3 Å². The number of ether oxygens (including phenoxy) is 2. The molecule has 0 spiro atoms. The Morgan fingerprint density at radius 1 is 0.958 bits per heavy atom. The molecule has 0 fully saturated rings. The molecule has 0 radical (unpaired) electrons. The minimum Gasteiger partial charge on any atom is -0.493 e. The molecule has 2 amide bonds. The Labute approximate surface area is 140 Å². The van der Waals surface area contributed by atoms with E-state index in [-0.39, 0.29) is 18.4 Å². The molecule has 0 saturated carbocycles. The molecule has 2 N–H and O–H groups in total. The van der Waals surface area contributed by atoms with Crippen LogP contribution in [0, 0.1) is 6.92 Å². The monoisotopic (exact) mass is 328 g/mol. The van der Waals surface area contributed by atoms with Gasteiger partial charge in [0.05, 0.1) is 7.11 Å². The van der Waals surface area contributed by atoms with E-state index in [0.29, 0.717) is 22.9 Å². The first-order valence-electron chi connectivity index (χ1n) is 7.44. The number of carbonyl (C=O) groups excluding carboxylic acids is 2. The Balaban J connectivity index is 2.01. The molecule has 0 aliphatic carbocycles. The summed E-state index contributed by atoms with van der Waals surface area (Å²) in [6.45, 7) is 3.11. The zero-order chi connectivity index (χ0) is 17.5. The molecule has 0 heterocycles. The maximum atomic E-state index is 12.1. The Morgan fingerprint density at radius 2 is 1.58 bits per heavy atom. The first kappa shape index (κ1) is 17.3. The smallest absolute Gasteiger partial charge is 0.262 e. The minimum absolute atomic E-state index is 0.149. The molecule has 0 aromatic heterocycles. The number of para-hydroxylation sites is 2. The third-order valence-electron chi connectivity index (χ3n) is 3.35. The van der Waals surface area contributed by atoms with Crippen molar-refractivity contribution in [2.45, 2.75) is 13.8 Å². The van der Waals surface area contributed by atoms with Crippen LogP contribution in [-0.4, -0.2) is 25.5 Å². The summed E-state index contributed by atoms with van der Waals surface area (Å²) >= 11 is 0. The lowest BCUT2D eigenvalue weighted by Gasteiger charge is -2.14. The second-order valence-electron chi connectivity index (χ2n) is 5.15. The Hall–Kier alpha value is -3.02. The summed E-state index contributed by atoms with van der Waals surface area (Å²) in [6.07, 6.45) is 0. The molecule has 0 atom stereocenters. The molecule has 2 aromatic rings. The van der Waals surface area contributed by atoms with Gasteiger partial charge in [-0.2, -0.15) is 0 Å². The Bertz CT molecular complexity index is 744. The van der Waals surface area contributed by atoms with E-state index < -0.39 is 0 Å². The van der Waals surface area contributed by atoms with Crippen molar-refractivity contribution in [3.05, 3.63) is 48.0 Å². The van der Waals surface area contributed by atoms with Crippen LogP contribution in [0.2, 0.25) is 0 Å². The first-order chi connectivity index (χ1) is 11.5. The maximum Gasteiger partial charge on any atom is 0.262 e. The van der Waals surface area contributed by atoms with Crippen molar-refractivity contribution in [2.24, 2.45) is 0 Å². The van der Waals surface area contributed by atoms with Gasteiger partial charge in [-0.1, -0.05) is 18.2 Å². The summed E-state index contributed by atoms with van der Waals surface area (Å²) in [5.41, 5.74) is 2.05. The Morgan fingerprint density at radius 3 is 2.21 bits per heavy atom. The summed E-state index contributed by atoms with van der Waals surface area (Å²) in [7, 11) is 1.54. The van der Waals surface area contributed by atoms with Crippen molar-refractivity contribution in [2.75, 3.05) is 24.4 Å². The molecule has 126 valence electrons. The van der Waals surface area contributed by atoms with Crippen LogP contribution >= 0.6 is 0 Å². The van der Waals surface area contributed by atoms with Gasteiger partial charge in [0.1, 0.15) is 0 Å². The largest absolute Gasteiger partial charge is 0.493 e. The fourth-order valence-electron chi connectivity index (χ4n) is 2.16.